The van der Waals surface area contributed by atoms with Crippen molar-refractivity contribution in [3.8, 4) is 0 Å². The molecule has 2 unspecified atom stereocenters. The molecular formula is C20H38N2. The average molecular weight is 307 g/mol. The maximum Gasteiger partial charge on any atom is 0.0198 e. The maximum absolute atomic E-state index is 3.95. The lowest BCUT2D eigenvalue weighted by Gasteiger charge is -2.40. The zero-order valence-electron chi connectivity index (χ0n) is 14.9. The quantitative estimate of drug-likeness (QED) is 0.780. The van der Waals surface area contributed by atoms with Crippen molar-refractivity contribution >= 4 is 0 Å². The monoisotopic (exact) mass is 306 g/mol. The molecule has 2 atom stereocenters. The molecule has 0 aromatic heterocycles. The van der Waals surface area contributed by atoms with Gasteiger partial charge in [-0.2, -0.15) is 0 Å². The van der Waals surface area contributed by atoms with Crippen LogP contribution in [0.3, 0.4) is 0 Å². The highest BCUT2D eigenvalue weighted by Gasteiger charge is 2.28. The molecule has 2 heteroatoms. The molecule has 1 saturated heterocycles. The lowest BCUT2D eigenvalue weighted by molar-refractivity contribution is 0.109. The molecule has 1 heterocycles. The number of hydrogen-bond donors (Lipinski definition) is 1. The van der Waals surface area contributed by atoms with Crippen molar-refractivity contribution in [1.82, 2.24) is 10.2 Å². The smallest absolute Gasteiger partial charge is 0.0198 e. The second kappa shape index (κ2) is 8.68. The largest absolute Gasteiger partial charge is 0.312 e. The van der Waals surface area contributed by atoms with Crippen LogP contribution in [0.15, 0.2) is 0 Å². The van der Waals surface area contributed by atoms with Crippen LogP contribution in [0.25, 0.3) is 0 Å². The number of nitrogens with one attached hydrogen (secondary N) is 1. The van der Waals surface area contributed by atoms with Gasteiger partial charge in [0.25, 0.3) is 0 Å². The topological polar surface area (TPSA) is 15.3 Å². The summed E-state index contributed by atoms with van der Waals surface area (Å²) in [5, 5.41) is 3.95. The van der Waals surface area contributed by atoms with Crippen LogP contribution < -0.4 is 5.32 Å². The first-order valence-electron chi connectivity index (χ1n) is 10.3. The van der Waals surface area contributed by atoms with Crippen molar-refractivity contribution in [1.29, 1.82) is 0 Å². The molecule has 2 aliphatic carbocycles. The molecule has 2 saturated carbocycles. The van der Waals surface area contributed by atoms with Gasteiger partial charge in [-0.05, 0) is 56.4 Å². The van der Waals surface area contributed by atoms with E-state index in [1.54, 1.807) is 0 Å². The first-order chi connectivity index (χ1) is 10.8. The first kappa shape index (κ1) is 16.8. The van der Waals surface area contributed by atoms with E-state index in [1.165, 1.54) is 96.8 Å². The Morgan fingerprint density at radius 2 is 1.50 bits per heavy atom. The summed E-state index contributed by atoms with van der Waals surface area (Å²) < 4.78 is 0. The fourth-order valence-corrected chi connectivity index (χ4v) is 5.18. The van der Waals surface area contributed by atoms with Crippen molar-refractivity contribution in [2.24, 2.45) is 17.8 Å². The van der Waals surface area contributed by atoms with Gasteiger partial charge in [-0.25, -0.2) is 0 Å². The minimum Gasteiger partial charge on any atom is -0.312 e. The third-order valence-corrected chi connectivity index (χ3v) is 6.60. The van der Waals surface area contributed by atoms with E-state index in [1.807, 2.05) is 0 Å². The van der Waals surface area contributed by atoms with E-state index in [9.17, 15) is 0 Å². The molecule has 1 aliphatic heterocycles. The van der Waals surface area contributed by atoms with Crippen LogP contribution >= 0.6 is 0 Å². The Morgan fingerprint density at radius 3 is 2.23 bits per heavy atom. The maximum atomic E-state index is 3.95. The summed E-state index contributed by atoms with van der Waals surface area (Å²) in [6.45, 7) is 7.76. The Kier molecular flexibility index (Phi) is 6.62. The highest BCUT2D eigenvalue weighted by Crippen LogP contribution is 2.28. The molecule has 128 valence electrons. The SMILES string of the molecule is CCC1CC(NCC2CCCC2)CN(CC2CCCCC2)C1. The summed E-state index contributed by atoms with van der Waals surface area (Å²) in [4.78, 5) is 2.82. The van der Waals surface area contributed by atoms with Gasteiger partial charge < -0.3 is 10.2 Å². The van der Waals surface area contributed by atoms with Crippen LogP contribution in [-0.4, -0.2) is 37.1 Å². The summed E-state index contributed by atoms with van der Waals surface area (Å²) >= 11 is 0. The first-order valence-corrected chi connectivity index (χ1v) is 10.3. The predicted octanol–water partition coefficient (Wildman–Crippen LogP) is 4.45. The average Bonchev–Trinajstić information content (AvgIpc) is 3.07. The van der Waals surface area contributed by atoms with Crippen molar-refractivity contribution < 1.29 is 0 Å². The third-order valence-electron chi connectivity index (χ3n) is 6.60. The van der Waals surface area contributed by atoms with Crippen molar-refractivity contribution in [3.05, 3.63) is 0 Å². The van der Waals surface area contributed by atoms with E-state index in [0.717, 1.165) is 23.8 Å². The molecule has 0 bridgehead atoms. The predicted molar refractivity (Wildman–Crippen MR) is 95.2 cm³/mol. The fraction of sp³-hybridized carbons (Fsp3) is 1.00. The molecule has 0 aromatic carbocycles. The highest BCUT2D eigenvalue weighted by atomic mass is 15.2. The molecule has 1 N–H and O–H groups in total. The Morgan fingerprint density at radius 1 is 0.818 bits per heavy atom. The summed E-state index contributed by atoms with van der Waals surface area (Å²) in [7, 11) is 0. The number of nitrogens with zero attached hydrogens (tertiary/aromatic N) is 1. The molecule has 22 heavy (non-hydrogen) atoms. The third kappa shape index (κ3) is 4.96. The molecule has 2 nitrogen and oxygen atoms in total. The van der Waals surface area contributed by atoms with Gasteiger partial charge in [0.2, 0.25) is 0 Å². The van der Waals surface area contributed by atoms with E-state index < -0.39 is 0 Å². The van der Waals surface area contributed by atoms with Gasteiger partial charge >= 0.3 is 0 Å². The van der Waals surface area contributed by atoms with E-state index in [2.05, 4.69) is 17.1 Å². The molecule has 3 rings (SSSR count). The van der Waals surface area contributed by atoms with E-state index in [4.69, 9.17) is 0 Å². The number of piperidine rings is 1. The minimum absolute atomic E-state index is 0.767. The molecule has 3 fully saturated rings. The van der Waals surface area contributed by atoms with Gasteiger partial charge in [-0.15, -0.1) is 0 Å². The van der Waals surface area contributed by atoms with Crippen LogP contribution in [0.5, 0.6) is 0 Å². The number of rotatable bonds is 6. The van der Waals surface area contributed by atoms with Gasteiger partial charge in [0, 0.05) is 25.7 Å². The van der Waals surface area contributed by atoms with Crippen LogP contribution in [0, 0.1) is 17.8 Å². The lowest BCUT2D eigenvalue weighted by atomic mass is 9.86. The Hall–Kier alpha value is -0.0800. The lowest BCUT2D eigenvalue weighted by Crippen LogP contribution is -2.51. The number of likely N-dealkylation sites (tertiary alicyclic amines) is 1. The van der Waals surface area contributed by atoms with Gasteiger partial charge in [0.15, 0.2) is 0 Å². The summed E-state index contributed by atoms with van der Waals surface area (Å²) in [6, 6.07) is 0.767. The van der Waals surface area contributed by atoms with Crippen molar-refractivity contribution in [2.75, 3.05) is 26.2 Å². The van der Waals surface area contributed by atoms with Gasteiger partial charge in [-0.3, -0.25) is 0 Å². The summed E-state index contributed by atoms with van der Waals surface area (Å²) in [6.07, 6.45) is 16.1. The summed E-state index contributed by atoms with van der Waals surface area (Å²) in [5.74, 6) is 2.91. The Bertz CT molecular complexity index is 305. The van der Waals surface area contributed by atoms with Crippen molar-refractivity contribution in [2.45, 2.75) is 83.6 Å². The Labute approximate surface area is 138 Å². The van der Waals surface area contributed by atoms with E-state index in [0.29, 0.717) is 0 Å². The van der Waals surface area contributed by atoms with Gasteiger partial charge in [0.05, 0.1) is 0 Å². The summed E-state index contributed by atoms with van der Waals surface area (Å²) in [5.41, 5.74) is 0. The zero-order chi connectivity index (χ0) is 15.2. The fourth-order valence-electron chi connectivity index (χ4n) is 5.18. The molecule has 0 radical (unpaired) electrons. The number of hydrogen-bond acceptors (Lipinski definition) is 2. The highest BCUT2D eigenvalue weighted by molar-refractivity contribution is 4.85. The standard InChI is InChI=1S/C20H38N2/c1-2-17-12-20(21-13-18-8-6-7-9-18)16-22(14-17)15-19-10-4-3-5-11-19/h17-21H,2-16H2,1H3. The van der Waals surface area contributed by atoms with Crippen LogP contribution in [-0.2, 0) is 0 Å². The van der Waals surface area contributed by atoms with E-state index in [-0.39, 0.29) is 0 Å². The molecule has 0 spiro atoms. The minimum atomic E-state index is 0.767. The van der Waals surface area contributed by atoms with E-state index >= 15 is 0 Å². The molecule has 3 aliphatic rings. The Balaban J connectivity index is 1.45. The van der Waals surface area contributed by atoms with Crippen LogP contribution in [0.1, 0.15) is 77.6 Å². The molecular weight excluding hydrogens is 268 g/mol. The van der Waals surface area contributed by atoms with Gasteiger partial charge in [-0.1, -0.05) is 45.4 Å². The van der Waals surface area contributed by atoms with Gasteiger partial charge in [0.1, 0.15) is 0 Å². The van der Waals surface area contributed by atoms with Crippen molar-refractivity contribution in [3.63, 3.8) is 0 Å². The van der Waals surface area contributed by atoms with Crippen LogP contribution in [0.4, 0.5) is 0 Å². The normalized spacial score (nSPS) is 32.6. The molecule has 0 aromatic rings. The second-order valence-electron chi connectivity index (χ2n) is 8.49. The zero-order valence-corrected chi connectivity index (χ0v) is 14.9. The molecule has 0 amide bonds. The van der Waals surface area contributed by atoms with Crippen LogP contribution in [0.2, 0.25) is 0 Å². The second-order valence-corrected chi connectivity index (χ2v) is 8.49.